The Morgan fingerprint density at radius 3 is 2.60 bits per heavy atom. The second kappa shape index (κ2) is 6.66. The highest BCUT2D eigenvalue weighted by molar-refractivity contribution is 6.04. The van der Waals surface area contributed by atoms with Crippen molar-refractivity contribution in [1.29, 1.82) is 0 Å². The Hall–Kier alpha value is -2.70. The number of nitrogens with one attached hydrogen (secondary N) is 1. The van der Waals surface area contributed by atoms with Crippen LogP contribution in [0.1, 0.15) is 36.1 Å². The Morgan fingerprint density at radius 2 is 1.92 bits per heavy atom. The molecule has 1 saturated heterocycles. The van der Waals surface area contributed by atoms with Crippen molar-refractivity contribution in [3.8, 4) is 5.69 Å². The summed E-state index contributed by atoms with van der Waals surface area (Å²) in [5.74, 6) is 1.10. The van der Waals surface area contributed by atoms with E-state index in [0.717, 1.165) is 17.7 Å². The highest BCUT2D eigenvalue weighted by Crippen LogP contribution is 2.18. The number of carbonyl (C=O) groups is 2. The zero-order valence-electron chi connectivity index (χ0n) is 15.0. The molecule has 1 N–H and O–H groups in total. The van der Waals surface area contributed by atoms with Crippen molar-refractivity contribution in [2.45, 2.75) is 46.6 Å². The second-order valence-electron chi connectivity index (χ2n) is 6.45. The van der Waals surface area contributed by atoms with E-state index in [-0.39, 0.29) is 11.9 Å². The van der Waals surface area contributed by atoms with Gasteiger partial charge in [-0.1, -0.05) is 13.0 Å². The first-order chi connectivity index (χ1) is 11.9. The van der Waals surface area contributed by atoms with E-state index in [2.05, 4.69) is 22.3 Å². The van der Waals surface area contributed by atoms with Gasteiger partial charge in [-0.05, 0) is 50.5 Å². The lowest BCUT2D eigenvalue weighted by atomic mass is 10.1. The number of rotatable bonds is 5. The predicted octanol–water partition coefficient (Wildman–Crippen LogP) is 2.07. The lowest BCUT2D eigenvalue weighted by Gasteiger charge is -2.12. The van der Waals surface area contributed by atoms with Gasteiger partial charge in [0, 0.05) is 13.0 Å². The molecule has 1 unspecified atom stereocenters. The van der Waals surface area contributed by atoms with Crippen LogP contribution in [0.5, 0.6) is 0 Å². The topological polar surface area (TPSA) is 80.1 Å². The maximum absolute atomic E-state index is 12.4. The van der Waals surface area contributed by atoms with Crippen LogP contribution in [-0.2, 0) is 11.2 Å². The highest BCUT2D eigenvalue weighted by Gasteiger charge is 2.38. The molecular weight excluding hydrogens is 318 g/mol. The van der Waals surface area contributed by atoms with Gasteiger partial charge < -0.3 is 5.32 Å². The van der Waals surface area contributed by atoms with Crippen molar-refractivity contribution in [1.82, 2.24) is 25.0 Å². The third-order valence-electron chi connectivity index (χ3n) is 4.46. The normalized spacial score (nSPS) is 17.3. The summed E-state index contributed by atoms with van der Waals surface area (Å²) in [5, 5.41) is 7.21. The van der Waals surface area contributed by atoms with Crippen LogP contribution in [0.3, 0.4) is 0 Å². The predicted molar refractivity (Wildman–Crippen MR) is 93.6 cm³/mol. The summed E-state index contributed by atoms with van der Waals surface area (Å²) >= 11 is 0. The molecule has 0 bridgehead atoms. The number of imide groups is 1. The Balaban J connectivity index is 1.88. The minimum atomic E-state index is -0.590. The molecule has 1 aliphatic heterocycles. The molecule has 1 aliphatic rings. The lowest BCUT2D eigenvalue weighted by molar-refractivity contribution is -0.127. The summed E-state index contributed by atoms with van der Waals surface area (Å²) in [4.78, 5) is 30.2. The fourth-order valence-electron chi connectivity index (χ4n) is 2.99. The molecule has 132 valence electrons. The number of aromatic nitrogens is 3. The number of amides is 3. The van der Waals surface area contributed by atoms with Gasteiger partial charge in [-0.25, -0.2) is 14.5 Å². The van der Waals surface area contributed by atoms with Gasteiger partial charge in [0.2, 0.25) is 0 Å². The van der Waals surface area contributed by atoms with Crippen LogP contribution in [0.4, 0.5) is 4.79 Å². The summed E-state index contributed by atoms with van der Waals surface area (Å²) < 4.78 is 1.75. The van der Waals surface area contributed by atoms with Gasteiger partial charge in [0.1, 0.15) is 17.7 Å². The van der Waals surface area contributed by atoms with E-state index in [1.165, 1.54) is 10.5 Å². The first-order valence-corrected chi connectivity index (χ1v) is 8.52. The molecule has 0 spiro atoms. The maximum Gasteiger partial charge on any atom is 0.324 e. The standard InChI is InChI=1S/C18H23N5O2/c1-5-8-22-17(24)15(20-18(22)25)10-16-19-13(4)21-23(16)14-7-6-11(2)12(3)9-14/h6-7,9,15H,5,8,10H2,1-4H3,(H,20,25). The molecule has 0 radical (unpaired) electrons. The molecule has 7 heteroatoms. The van der Waals surface area contributed by atoms with Crippen molar-refractivity contribution < 1.29 is 9.59 Å². The quantitative estimate of drug-likeness (QED) is 0.844. The van der Waals surface area contributed by atoms with E-state index in [4.69, 9.17) is 0 Å². The largest absolute Gasteiger partial charge is 0.325 e. The number of hydrogen-bond acceptors (Lipinski definition) is 4. The monoisotopic (exact) mass is 341 g/mol. The number of carbonyl (C=O) groups excluding carboxylic acids is 2. The van der Waals surface area contributed by atoms with Crippen molar-refractivity contribution >= 4 is 11.9 Å². The first kappa shape index (κ1) is 17.1. The maximum atomic E-state index is 12.4. The molecule has 7 nitrogen and oxygen atoms in total. The number of urea groups is 1. The minimum absolute atomic E-state index is 0.195. The molecule has 0 saturated carbocycles. The van der Waals surface area contributed by atoms with Crippen LogP contribution in [0.15, 0.2) is 18.2 Å². The number of aryl methyl sites for hydroxylation is 3. The molecule has 1 fully saturated rings. The van der Waals surface area contributed by atoms with Gasteiger partial charge in [0.15, 0.2) is 0 Å². The van der Waals surface area contributed by atoms with E-state index in [9.17, 15) is 9.59 Å². The molecule has 1 aromatic heterocycles. The second-order valence-corrected chi connectivity index (χ2v) is 6.45. The van der Waals surface area contributed by atoms with Crippen LogP contribution < -0.4 is 5.32 Å². The van der Waals surface area contributed by atoms with Crippen LogP contribution in [0.25, 0.3) is 5.69 Å². The van der Waals surface area contributed by atoms with Crippen molar-refractivity contribution in [3.05, 3.63) is 41.0 Å². The van der Waals surface area contributed by atoms with Gasteiger partial charge in [-0.2, -0.15) is 5.10 Å². The fraction of sp³-hybridized carbons (Fsp3) is 0.444. The van der Waals surface area contributed by atoms with Crippen molar-refractivity contribution in [3.63, 3.8) is 0 Å². The lowest BCUT2D eigenvalue weighted by Crippen LogP contribution is -2.33. The van der Waals surface area contributed by atoms with E-state index in [1.54, 1.807) is 4.68 Å². The van der Waals surface area contributed by atoms with Gasteiger partial charge >= 0.3 is 6.03 Å². The number of benzene rings is 1. The number of hydrogen-bond donors (Lipinski definition) is 1. The van der Waals surface area contributed by atoms with Gasteiger partial charge in [-0.15, -0.1) is 0 Å². The molecule has 3 amide bonds. The van der Waals surface area contributed by atoms with Gasteiger partial charge in [-0.3, -0.25) is 9.69 Å². The van der Waals surface area contributed by atoms with Gasteiger partial charge in [0.25, 0.3) is 5.91 Å². The van der Waals surface area contributed by atoms with E-state index in [0.29, 0.717) is 24.6 Å². The molecule has 3 rings (SSSR count). The zero-order chi connectivity index (χ0) is 18.1. The van der Waals surface area contributed by atoms with Crippen LogP contribution in [-0.4, -0.2) is 44.2 Å². The Morgan fingerprint density at radius 1 is 1.16 bits per heavy atom. The van der Waals surface area contributed by atoms with E-state index < -0.39 is 6.04 Å². The summed E-state index contributed by atoms with van der Waals surface area (Å²) in [6, 6.07) is 5.15. The fourth-order valence-corrected chi connectivity index (χ4v) is 2.99. The third kappa shape index (κ3) is 3.26. The van der Waals surface area contributed by atoms with Crippen molar-refractivity contribution in [2.75, 3.05) is 6.54 Å². The Bertz CT molecular complexity index is 827. The summed E-state index contributed by atoms with van der Waals surface area (Å²) in [6.07, 6.45) is 1.06. The van der Waals surface area contributed by atoms with Gasteiger partial charge in [0.05, 0.1) is 5.69 Å². The van der Waals surface area contributed by atoms with Crippen LogP contribution in [0.2, 0.25) is 0 Å². The van der Waals surface area contributed by atoms with Crippen LogP contribution in [0, 0.1) is 20.8 Å². The molecule has 1 atom stereocenters. The zero-order valence-corrected chi connectivity index (χ0v) is 15.0. The molecular formula is C18H23N5O2. The van der Waals surface area contributed by atoms with Crippen LogP contribution >= 0.6 is 0 Å². The van der Waals surface area contributed by atoms with E-state index >= 15 is 0 Å². The Labute approximate surface area is 147 Å². The molecule has 25 heavy (non-hydrogen) atoms. The molecule has 2 heterocycles. The minimum Gasteiger partial charge on any atom is -0.325 e. The smallest absolute Gasteiger partial charge is 0.324 e. The summed E-state index contributed by atoms with van der Waals surface area (Å²) in [5.41, 5.74) is 3.27. The summed E-state index contributed by atoms with van der Waals surface area (Å²) in [6.45, 7) is 8.30. The molecule has 0 aliphatic carbocycles. The SMILES string of the molecule is CCCN1C(=O)NC(Cc2nc(C)nn2-c2ccc(C)c(C)c2)C1=O. The average molecular weight is 341 g/mol. The van der Waals surface area contributed by atoms with Crippen molar-refractivity contribution in [2.24, 2.45) is 0 Å². The molecule has 1 aromatic carbocycles. The highest BCUT2D eigenvalue weighted by atomic mass is 16.2. The first-order valence-electron chi connectivity index (χ1n) is 8.52. The van der Waals surface area contributed by atoms with E-state index in [1.807, 2.05) is 39.0 Å². The number of nitrogens with zero attached hydrogens (tertiary/aromatic N) is 4. The molecule has 2 aromatic rings. The third-order valence-corrected chi connectivity index (χ3v) is 4.46. The Kier molecular flexibility index (Phi) is 4.57. The average Bonchev–Trinajstić information content (AvgIpc) is 3.05. The summed E-state index contributed by atoms with van der Waals surface area (Å²) in [7, 11) is 0.